The Morgan fingerprint density at radius 3 is 2.61 bits per heavy atom. The predicted molar refractivity (Wildman–Crippen MR) is 108 cm³/mol. The van der Waals surface area contributed by atoms with Crippen molar-refractivity contribution < 1.29 is 9.59 Å². The Labute approximate surface area is 164 Å². The number of nitrogens with one attached hydrogen (secondary N) is 3. The van der Waals surface area contributed by atoms with E-state index in [1.165, 1.54) is 12.3 Å². The van der Waals surface area contributed by atoms with E-state index in [-0.39, 0.29) is 11.6 Å². The Morgan fingerprint density at radius 1 is 0.929 bits per heavy atom. The largest absolute Gasteiger partial charge is 0.322 e. The number of halogens is 1. The molecule has 0 atom stereocenters. The summed E-state index contributed by atoms with van der Waals surface area (Å²) in [6.45, 7) is 0. The molecule has 2 aromatic carbocycles. The smallest absolute Gasteiger partial charge is 0.274 e. The number of nitrogens with zero attached hydrogens (tertiary/aromatic N) is 2. The second kappa shape index (κ2) is 7.50. The van der Waals surface area contributed by atoms with Gasteiger partial charge >= 0.3 is 0 Å². The van der Waals surface area contributed by atoms with Gasteiger partial charge in [-0.3, -0.25) is 19.7 Å². The molecule has 2 aromatic heterocycles. The van der Waals surface area contributed by atoms with Crippen molar-refractivity contribution >= 4 is 45.7 Å². The van der Waals surface area contributed by atoms with Gasteiger partial charge in [-0.15, -0.1) is 0 Å². The van der Waals surface area contributed by atoms with E-state index in [1.807, 2.05) is 12.1 Å². The van der Waals surface area contributed by atoms with Gasteiger partial charge in [-0.05, 0) is 48.5 Å². The van der Waals surface area contributed by atoms with Crippen LogP contribution in [0.25, 0.3) is 10.9 Å². The fraction of sp³-hybridized carbons (Fsp3) is 0. The molecule has 0 radical (unpaired) electrons. The van der Waals surface area contributed by atoms with Crippen LogP contribution in [-0.2, 0) is 0 Å². The molecule has 0 saturated carbocycles. The van der Waals surface area contributed by atoms with E-state index in [1.54, 1.807) is 42.6 Å². The van der Waals surface area contributed by atoms with Crippen LogP contribution in [0.3, 0.4) is 0 Å². The van der Waals surface area contributed by atoms with Gasteiger partial charge in [0.15, 0.2) is 0 Å². The van der Waals surface area contributed by atoms with Crippen LogP contribution in [0.1, 0.15) is 20.8 Å². The maximum atomic E-state index is 12.6. The zero-order valence-electron chi connectivity index (χ0n) is 14.4. The summed E-state index contributed by atoms with van der Waals surface area (Å²) < 4.78 is 0. The van der Waals surface area contributed by atoms with Gasteiger partial charge in [0.1, 0.15) is 5.69 Å². The molecular weight excluding hydrogens is 378 g/mol. The van der Waals surface area contributed by atoms with Gasteiger partial charge in [0.2, 0.25) is 0 Å². The Morgan fingerprint density at radius 2 is 1.75 bits per heavy atom. The highest BCUT2D eigenvalue weighted by molar-refractivity contribution is 6.31. The molecule has 7 nitrogen and oxygen atoms in total. The van der Waals surface area contributed by atoms with E-state index in [0.717, 1.165) is 10.9 Å². The Bertz CT molecular complexity index is 1190. The number of pyridine rings is 1. The van der Waals surface area contributed by atoms with Crippen molar-refractivity contribution in [3.63, 3.8) is 0 Å². The molecule has 0 unspecified atom stereocenters. The van der Waals surface area contributed by atoms with Crippen molar-refractivity contribution in [3.05, 3.63) is 83.3 Å². The molecule has 0 aliphatic heterocycles. The summed E-state index contributed by atoms with van der Waals surface area (Å²) in [5.41, 5.74) is 2.61. The molecule has 2 heterocycles. The molecule has 4 rings (SSSR count). The number of carbonyl (C=O) groups is 2. The third-order valence-corrected chi connectivity index (χ3v) is 4.27. The van der Waals surface area contributed by atoms with Gasteiger partial charge in [-0.2, -0.15) is 5.10 Å². The minimum absolute atomic E-state index is 0.191. The minimum atomic E-state index is -0.412. The second-order valence-corrected chi connectivity index (χ2v) is 6.46. The Balaban J connectivity index is 1.49. The molecule has 8 heteroatoms. The van der Waals surface area contributed by atoms with Gasteiger partial charge in [0, 0.05) is 33.5 Å². The number of benzene rings is 2. The third-order valence-electron chi connectivity index (χ3n) is 4.04. The van der Waals surface area contributed by atoms with Crippen LogP contribution in [-0.4, -0.2) is 27.0 Å². The number of H-pyrrole nitrogens is 1. The van der Waals surface area contributed by atoms with E-state index in [0.29, 0.717) is 22.0 Å². The molecule has 0 bridgehead atoms. The number of fused-ring (bicyclic) bond motifs is 1. The van der Waals surface area contributed by atoms with Gasteiger partial charge in [-0.1, -0.05) is 17.7 Å². The molecule has 2 amide bonds. The lowest BCUT2D eigenvalue weighted by Crippen LogP contribution is -2.15. The first-order valence-electron chi connectivity index (χ1n) is 8.36. The van der Waals surface area contributed by atoms with Gasteiger partial charge in [-0.25, -0.2) is 0 Å². The molecular formula is C20H14ClN5O2. The third kappa shape index (κ3) is 3.84. The highest BCUT2D eigenvalue weighted by atomic mass is 35.5. The molecule has 3 N–H and O–H groups in total. The molecule has 28 heavy (non-hydrogen) atoms. The number of carbonyl (C=O) groups excluding carboxylic acids is 2. The Kier molecular flexibility index (Phi) is 4.74. The van der Waals surface area contributed by atoms with Crippen LogP contribution in [0.2, 0.25) is 5.02 Å². The summed E-state index contributed by atoms with van der Waals surface area (Å²) in [7, 11) is 0. The zero-order chi connectivity index (χ0) is 19.5. The van der Waals surface area contributed by atoms with E-state index < -0.39 is 5.91 Å². The lowest BCUT2D eigenvalue weighted by Gasteiger charge is -2.08. The van der Waals surface area contributed by atoms with Crippen LogP contribution < -0.4 is 10.6 Å². The molecule has 138 valence electrons. The van der Waals surface area contributed by atoms with E-state index >= 15 is 0 Å². The average molecular weight is 392 g/mol. The summed E-state index contributed by atoms with van der Waals surface area (Å²) in [6, 6.07) is 15.2. The molecule has 4 aromatic rings. The first kappa shape index (κ1) is 17.7. The zero-order valence-corrected chi connectivity index (χ0v) is 15.2. The SMILES string of the molecule is O=C(Nc1ccc2[nH]ncc2c1)c1cccc(NC(=O)c2cc(Cl)ccn2)c1. The number of hydrogen-bond acceptors (Lipinski definition) is 4. The molecule has 0 spiro atoms. The molecule has 0 saturated heterocycles. The Hall–Kier alpha value is -3.71. The molecule has 0 aliphatic carbocycles. The van der Waals surface area contributed by atoms with Gasteiger partial charge < -0.3 is 10.6 Å². The van der Waals surface area contributed by atoms with Crippen molar-refractivity contribution in [1.82, 2.24) is 15.2 Å². The number of aromatic amines is 1. The number of aromatic nitrogens is 3. The summed E-state index contributed by atoms with van der Waals surface area (Å²) in [4.78, 5) is 28.8. The quantitative estimate of drug-likeness (QED) is 0.487. The van der Waals surface area contributed by atoms with Crippen molar-refractivity contribution in [2.24, 2.45) is 0 Å². The topological polar surface area (TPSA) is 99.8 Å². The maximum absolute atomic E-state index is 12.6. The summed E-state index contributed by atoms with van der Waals surface area (Å²) in [5, 5.41) is 13.7. The fourth-order valence-electron chi connectivity index (χ4n) is 2.69. The van der Waals surface area contributed by atoms with Crippen molar-refractivity contribution in [2.75, 3.05) is 10.6 Å². The lowest BCUT2D eigenvalue weighted by atomic mass is 10.1. The maximum Gasteiger partial charge on any atom is 0.274 e. The normalized spacial score (nSPS) is 10.6. The number of anilines is 2. The van der Waals surface area contributed by atoms with Crippen LogP contribution in [0.15, 0.2) is 67.0 Å². The van der Waals surface area contributed by atoms with Gasteiger partial charge in [0.25, 0.3) is 11.8 Å². The van der Waals surface area contributed by atoms with E-state index in [9.17, 15) is 9.59 Å². The van der Waals surface area contributed by atoms with E-state index in [4.69, 9.17) is 11.6 Å². The second-order valence-electron chi connectivity index (χ2n) is 6.02. The van der Waals surface area contributed by atoms with Crippen molar-refractivity contribution in [2.45, 2.75) is 0 Å². The first-order chi connectivity index (χ1) is 13.6. The summed E-state index contributed by atoms with van der Waals surface area (Å²) in [6.07, 6.45) is 3.14. The molecule has 0 fully saturated rings. The summed E-state index contributed by atoms with van der Waals surface area (Å²) >= 11 is 5.89. The van der Waals surface area contributed by atoms with Crippen LogP contribution in [0, 0.1) is 0 Å². The van der Waals surface area contributed by atoms with Crippen LogP contribution >= 0.6 is 11.6 Å². The summed E-state index contributed by atoms with van der Waals surface area (Å²) in [5.74, 6) is -0.703. The van der Waals surface area contributed by atoms with E-state index in [2.05, 4.69) is 25.8 Å². The minimum Gasteiger partial charge on any atom is -0.322 e. The van der Waals surface area contributed by atoms with Crippen LogP contribution in [0.4, 0.5) is 11.4 Å². The monoisotopic (exact) mass is 391 g/mol. The average Bonchev–Trinajstić information content (AvgIpc) is 3.16. The first-order valence-corrected chi connectivity index (χ1v) is 8.74. The van der Waals surface area contributed by atoms with Crippen molar-refractivity contribution in [3.8, 4) is 0 Å². The molecule has 0 aliphatic rings. The fourth-order valence-corrected chi connectivity index (χ4v) is 2.85. The number of rotatable bonds is 4. The highest BCUT2D eigenvalue weighted by Crippen LogP contribution is 2.19. The number of hydrogen-bond donors (Lipinski definition) is 3. The van der Waals surface area contributed by atoms with Crippen molar-refractivity contribution in [1.29, 1.82) is 0 Å². The number of amides is 2. The van der Waals surface area contributed by atoms with Crippen LogP contribution in [0.5, 0.6) is 0 Å². The highest BCUT2D eigenvalue weighted by Gasteiger charge is 2.11. The predicted octanol–water partition coefficient (Wildman–Crippen LogP) is 4.12. The standard InChI is InChI=1S/C20H14ClN5O2/c21-14-6-7-22-18(10-14)20(28)25-15-3-1-2-12(8-15)19(27)24-16-4-5-17-13(9-16)11-23-26-17/h1-11H,(H,23,26)(H,24,27)(H,25,28). The van der Waals surface area contributed by atoms with Gasteiger partial charge in [0.05, 0.1) is 11.7 Å². The lowest BCUT2D eigenvalue weighted by molar-refractivity contribution is 0.101.